The molecule has 0 radical (unpaired) electrons. The predicted molar refractivity (Wildman–Crippen MR) is 119 cm³/mol. The number of rotatable bonds is 7. The van der Waals surface area contributed by atoms with Crippen molar-refractivity contribution in [3.05, 3.63) is 65.3 Å². The molecule has 0 unspecified atom stereocenters. The second-order valence-corrected chi connectivity index (χ2v) is 6.94. The minimum absolute atomic E-state index is 0.150. The second-order valence-electron chi connectivity index (χ2n) is 6.53. The molecular weight excluding hydrogens is 422 g/mol. The van der Waals surface area contributed by atoms with Crippen LogP contribution in [-0.2, 0) is 19.2 Å². The van der Waals surface area contributed by atoms with E-state index in [-0.39, 0.29) is 18.0 Å². The van der Waals surface area contributed by atoms with Crippen LogP contribution in [-0.4, -0.2) is 23.6 Å². The SMILES string of the molecule is C=C(CC(=O)Nc1ccc(NC(C)=O)cc1)NNC(=O)C(=O)Nc1cccc(Cl)c1C. The van der Waals surface area contributed by atoms with Crippen molar-refractivity contribution in [2.45, 2.75) is 20.3 Å². The van der Waals surface area contributed by atoms with Crippen LogP contribution in [0.25, 0.3) is 0 Å². The Morgan fingerprint density at radius 1 is 0.871 bits per heavy atom. The minimum atomic E-state index is -0.963. The number of hydrogen-bond acceptors (Lipinski definition) is 5. The minimum Gasteiger partial charge on any atom is -0.326 e. The highest BCUT2D eigenvalue weighted by molar-refractivity contribution is 6.40. The molecule has 0 aliphatic heterocycles. The largest absolute Gasteiger partial charge is 0.327 e. The fourth-order valence-electron chi connectivity index (χ4n) is 2.41. The molecule has 0 aromatic heterocycles. The molecule has 2 aromatic carbocycles. The third kappa shape index (κ3) is 7.48. The van der Waals surface area contributed by atoms with E-state index in [1.165, 1.54) is 6.92 Å². The molecular formula is C21H22ClN5O4. The van der Waals surface area contributed by atoms with Crippen LogP contribution in [0, 0.1) is 6.92 Å². The van der Waals surface area contributed by atoms with Crippen molar-refractivity contribution in [3.63, 3.8) is 0 Å². The summed E-state index contributed by atoms with van der Waals surface area (Å²) in [7, 11) is 0. The molecule has 0 heterocycles. The van der Waals surface area contributed by atoms with Gasteiger partial charge in [-0.3, -0.25) is 24.6 Å². The van der Waals surface area contributed by atoms with Crippen LogP contribution in [0.1, 0.15) is 18.9 Å². The van der Waals surface area contributed by atoms with Gasteiger partial charge in [-0.05, 0) is 48.9 Å². The maximum absolute atomic E-state index is 12.1. The lowest BCUT2D eigenvalue weighted by Gasteiger charge is -2.12. The van der Waals surface area contributed by atoms with Gasteiger partial charge >= 0.3 is 11.8 Å². The van der Waals surface area contributed by atoms with Crippen LogP contribution in [0.2, 0.25) is 5.02 Å². The van der Waals surface area contributed by atoms with E-state index < -0.39 is 17.7 Å². The molecule has 0 spiro atoms. The summed E-state index contributed by atoms with van der Waals surface area (Å²) in [4.78, 5) is 47.0. The Balaban J connectivity index is 1.78. The van der Waals surface area contributed by atoms with Crippen molar-refractivity contribution in [1.29, 1.82) is 0 Å². The van der Waals surface area contributed by atoms with Gasteiger partial charge in [0, 0.05) is 34.7 Å². The number of anilines is 3. The molecule has 0 fully saturated rings. The van der Waals surface area contributed by atoms with E-state index >= 15 is 0 Å². The fraction of sp³-hybridized carbons (Fsp3) is 0.143. The Morgan fingerprint density at radius 2 is 1.48 bits per heavy atom. The van der Waals surface area contributed by atoms with E-state index in [0.717, 1.165) is 0 Å². The zero-order chi connectivity index (χ0) is 23.0. The number of amides is 4. The van der Waals surface area contributed by atoms with E-state index in [1.807, 2.05) is 0 Å². The number of nitrogens with one attached hydrogen (secondary N) is 5. The molecule has 0 atom stereocenters. The molecule has 9 nitrogen and oxygen atoms in total. The normalized spacial score (nSPS) is 9.90. The number of hydrazine groups is 1. The molecule has 5 N–H and O–H groups in total. The predicted octanol–water partition coefficient (Wildman–Crippen LogP) is 2.71. The van der Waals surface area contributed by atoms with E-state index in [9.17, 15) is 19.2 Å². The third-order valence-electron chi connectivity index (χ3n) is 3.94. The Morgan fingerprint density at radius 3 is 2.10 bits per heavy atom. The van der Waals surface area contributed by atoms with Crippen LogP contribution < -0.4 is 26.8 Å². The van der Waals surface area contributed by atoms with Gasteiger partial charge in [0.1, 0.15) is 0 Å². The van der Waals surface area contributed by atoms with Crippen LogP contribution in [0.15, 0.2) is 54.7 Å². The van der Waals surface area contributed by atoms with Gasteiger partial charge in [-0.1, -0.05) is 24.2 Å². The maximum atomic E-state index is 12.1. The molecule has 0 aliphatic rings. The van der Waals surface area contributed by atoms with Crippen LogP contribution >= 0.6 is 11.6 Å². The molecule has 0 saturated heterocycles. The molecule has 31 heavy (non-hydrogen) atoms. The van der Waals surface area contributed by atoms with Gasteiger partial charge in [0.05, 0.1) is 6.42 Å². The van der Waals surface area contributed by atoms with Gasteiger partial charge in [0.2, 0.25) is 11.8 Å². The first-order chi connectivity index (χ1) is 14.7. The number of hydrogen-bond donors (Lipinski definition) is 5. The summed E-state index contributed by atoms with van der Waals surface area (Å²) in [6, 6.07) is 11.5. The first-order valence-electron chi connectivity index (χ1n) is 9.13. The fourth-order valence-corrected chi connectivity index (χ4v) is 2.58. The molecule has 2 aromatic rings. The first kappa shape index (κ1) is 23.4. The van der Waals surface area contributed by atoms with Gasteiger partial charge in [-0.2, -0.15) is 0 Å². The smallest absolute Gasteiger partial charge is 0.326 e. The number of carbonyl (C=O) groups excluding carboxylic acids is 4. The monoisotopic (exact) mass is 443 g/mol. The van der Waals surface area contributed by atoms with E-state index in [2.05, 4.69) is 33.4 Å². The quantitative estimate of drug-likeness (QED) is 0.332. The third-order valence-corrected chi connectivity index (χ3v) is 4.35. The Hall–Kier alpha value is -3.85. The molecule has 162 valence electrons. The van der Waals surface area contributed by atoms with Crippen molar-refractivity contribution in [1.82, 2.24) is 10.9 Å². The van der Waals surface area contributed by atoms with Crippen molar-refractivity contribution in [2.75, 3.05) is 16.0 Å². The summed E-state index contributed by atoms with van der Waals surface area (Å²) in [5.74, 6) is -2.46. The van der Waals surface area contributed by atoms with Gasteiger partial charge < -0.3 is 21.4 Å². The number of carbonyl (C=O) groups is 4. The molecule has 0 bridgehead atoms. The maximum Gasteiger partial charge on any atom is 0.327 e. The standard InChI is InChI=1S/C21H22ClN5O4/c1-12(11-19(29)24-16-9-7-15(8-10-16)23-14(3)28)26-27-21(31)20(30)25-18-6-4-5-17(22)13(18)2/h4-10,26H,1,11H2,2-3H3,(H,23,28)(H,24,29)(H,25,30)(H,27,31). The van der Waals surface area contributed by atoms with Crippen LogP contribution in [0.3, 0.4) is 0 Å². The second kappa shape index (κ2) is 10.8. The zero-order valence-electron chi connectivity index (χ0n) is 17.0. The van der Waals surface area contributed by atoms with Crippen molar-refractivity contribution in [3.8, 4) is 0 Å². The first-order valence-corrected chi connectivity index (χ1v) is 9.51. The number of benzene rings is 2. The summed E-state index contributed by atoms with van der Waals surface area (Å²) < 4.78 is 0. The van der Waals surface area contributed by atoms with Gasteiger partial charge in [0.25, 0.3) is 0 Å². The van der Waals surface area contributed by atoms with Gasteiger partial charge in [-0.25, -0.2) is 0 Å². The summed E-state index contributed by atoms with van der Waals surface area (Å²) >= 11 is 5.98. The lowest BCUT2D eigenvalue weighted by atomic mass is 10.2. The average molecular weight is 444 g/mol. The van der Waals surface area contributed by atoms with E-state index in [1.54, 1.807) is 49.4 Å². The van der Waals surface area contributed by atoms with Gasteiger partial charge in [0.15, 0.2) is 0 Å². The van der Waals surface area contributed by atoms with E-state index in [0.29, 0.717) is 27.6 Å². The molecule has 10 heteroatoms. The molecule has 0 saturated carbocycles. The highest BCUT2D eigenvalue weighted by Gasteiger charge is 2.15. The molecule has 0 aliphatic carbocycles. The summed E-state index contributed by atoms with van der Waals surface area (Å²) in [5, 5.41) is 8.18. The van der Waals surface area contributed by atoms with E-state index in [4.69, 9.17) is 11.6 Å². The lowest BCUT2D eigenvalue weighted by Crippen LogP contribution is -2.43. The average Bonchev–Trinajstić information content (AvgIpc) is 2.70. The Bertz CT molecular complexity index is 1020. The Kier molecular flexibility index (Phi) is 8.16. The lowest BCUT2D eigenvalue weighted by molar-refractivity contribution is -0.136. The summed E-state index contributed by atoms with van der Waals surface area (Å²) in [5.41, 5.74) is 6.95. The summed E-state index contributed by atoms with van der Waals surface area (Å²) in [6.45, 7) is 6.75. The highest BCUT2D eigenvalue weighted by Crippen LogP contribution is 2.22. The Labute approximate surface area is 184 Å². The van der Waals surface area contributed by atoms with Crippen molar-refractivity contribution < 1.29 is 19.2 Å². The molecule has 2 rings (SSSR count). The zero-order valence-corrected chi connectivity index (χ0v) is 17.7. The molecule has 4 amide bonds. The summed E-state index contributed by atoms with van der Waals surface area (Å²) in [6.07, 6.45) is -0.150. The van der Waals surface area contributed by atoms with Gasteiger partial charge in [-0.15, -0.1) is 0 Å². The highest BCUT2D eigenvalue weighted by atomic mass is 35.5. The van der Waals surface area contributed by atoms with Crippen LogP contribution in [0.5, 0.6) is 0 Å². The van der Waals surface area contributed by atoms with Crippen molar-refractivity contribution >= 4 is 52.3 Å². The van der Waals surface area contributed by atoms with Crippen LogP contribution in [0.4, 0.5) is 17.1 Å². The topological polar surface area (TPSA) is 128 Å². The van der Waals surface area contributed by atoms with Crippen molar-refractivity contribution in [2.24, 2.45) is 0 Å². The number of halogens is 1.